The topological polar surface area (TPSA) is 95.7 Å². The minimum absolute atomic E-state index is 0.0546. The van der Waals surface area contributed by atoms with Crippen molar-refractivity contribution in [2.45, 2.75) is 16.2 Å². The molecule has 2 aromatic carbocycles. The lowest BCUT2D eigenvalue weighted by atomic mass is 9.53. The number of alkyl halides is 3. The third kappa shape index (κ3) is 4.62. The van der Waals surface area contributed by atoms with Gasteiger partial charge >= 0.3 is 16.3 Å². The lowest BCUT2D eigenvalue weighted by Crippen LogP contribution is -2.60. The standard InChI is InChI=1S/C18H26B12F3NO5S/c19-4-1(5(20)9(24)3(8(4)23)18(31,32)33)16(28)14(35)13(15(34)38-16)39-40(36,37)17(29,30)2-6(21)10(25)12(27)11(26)7(2)22/h19-30,34H2/t16-/m1/s1. The van der Waals surface area contributed by atoms with E-state index in [1.807, 2.05) is 39.2 Å². The second-order valence-electron chi connectivity index (χ2n) is 11.5. The van der Waals surface area contributed by atoms with Crippen molar-refractivity contribution >= 4 is 159 Å². The number of hydrogen-bond donors (Lipinski definition) is 1. The average molecular weight is 555 g/mol. The molecule has 22 heteroatoms. The largest absolute Gasteiger partial charge is 0.467 e. The average Bonchev–Trinajstić information content (AvgIpc) is 3.02. The van der Waals surface area contributed by atoms with E-state index in [1.165, 1.54) is 54.9 Å². The van der Waals surface area contributed by atoms with E-state index < -0.39 is 49.3 Å². The Balaban J connectivity index is 2.14. The van der Waals surface area contributed by atoms with E-state index in [0.717, 1.165) is 27.3 Å². The molecule has 0 bridgehead atoms. The van der Waals surface area contributed by atoms with Gasteiger partial charge in [-0.25, -0.2) is 0 Å². The van der Waals surface area contributed by atoms with Crippen LogP contribution >= 0.6 is 0 Å². The van der Waals surface area contributed by atoms with Crippen LogP contribution in [0.3, 0.4) is 0 Å². The number of halogens is 3. The Morgan fingerprint density at radius 3 is 1.50 bits per heavy atom. The molecule has 0 amide bonds. The van der Waals surface area contributed by atoms with E-state index in [4.69, 9.17) is 14.7 Å². The maximum absolute atomic E-state index is 13.8. The molecule has 0 fully saturated rings. The quantitative estimate of drug-likeness (QED) is 0.291. The minimum atomic E-state index is -4.60. The fourth-order valence-corrected chi connectivity index (χ4v) is 7.22. The molecule has 0 aliphatic carbocycles. The first-order valence-corrected chi connectivity index (χ1v) is 14.3. The van der Waals surface area contributed by atoms with Crippen molar-refractivity contribution in [3.05, 3.63) is 28.3 Å². The van der Waals surface area contributed by atoms with Gasteiger partial charge in [0.2, 0.25) is 17.4 Å². The molecule has 0 spiro atoms. The minimum Gasteiger partial charge on any atom is -0.467 e. The summed E-state index contributed by atoms with van der Waals surface area (Å²) in [7, 11) is 14.9. The Bertz CT molecular complexity index is 1570. The molecule has 0 saturated carbocycles. The maximum Gasteiger partial charge on any atom is 0.415 e. The second kappa shape index (κ2) is 9.95. The van der Waals surface area contributed by atoms with Gasteiger partial charge in [-0.3, -0.25) is 4.79 Å². The summed E-state index contributed by atoms with van der Waals surface area (Å²) in [5.74, 6) is -2.13. The van der Waals surface area contributed by atoms with Gasteiger partial charge in [-0.15, -0.1) is 16.4 Å². The van der Waals surface area contributed by atoms with Crippen molar-refractivity contribution < 1.29 is 35.3 Å². The molecule has 6 nitrogen and oxygen atoms in total. The van der Waals surface area contributed by atoms with Crippen LogP contribution in [0, 0.1) is 0 Å². The maximum atomic E-state index is 13.8. The molecule has 3 rings (SSSR count). The van der Waals surface area contributed by atoms with Crippen LogP contribution in [0.1, 0.15) is 16.7 Å². The first-order valence-electron chi connectivity index (χ1n) is 12.9. The number of ketones is 1. The van der Waals surface area contributed by atoms with Crippen molar-refractivity contribution in [2.75, 3.05) is 0 Å². The first kappa shape index (κ1) is 32.3. The summed E-state index contributed by atoms with van der Waals surface area (Å²) in [6, 6.07) is 0. The number of rotatable bonds is 5. The third-order valence-corrected chi connectivity index (χ3v) is 10.8. The van der Waals surface area contributed by atoms with E-state index in [9.17, 15) is 26.4 Å². The van der Waals surface area contributed by atoms with Gasteiger partial charge in [0.25, 0.3) is 0 Å². The van der Waals surface area contributed by atoms with Crippen LogP contribution in [-0.2, 0) is 40.1 Å². The number of Topliss-reactive ketones (excluding diaryl/α,β-unsaturated/α-hetero) is 1. The van der Waals surface area contributed by atoms with E-state index in [-0.39, 0.29) is 27.4 Å². The van der Waals surface area contributed by atoms with Crippen LogP contribution in [0.25, 0.3) is 0 Å². The van der Waals surface area contributed by atoms with Gasteiger partial charge in [-0.05, 0) is 5.56 Å². The normalized spacial score (nSPS) is 18.1. The predicted molar refractivity (Wildman–Crippen MR) is 188 cm³/mol. The van der Waals surface area contributed by atoms with Gasteiger partial charge in [0, 0.05) is 5.56 Å². The summed E-state index contributed by atoms with van der Waals surface area (Å²) in [6.07, 6.45) is -4.60. The van der Waals surface area contributed by atoms with Crippen LogP contribution in [-0.4, -0.2) is 108 Å². The van der Waals surface area contributed by atoms with Crippen molar-refractivity contribution in [2.24, 2.45) is 5.73 Å². The van der Waals surface area contributed by atoms with Gasteiger partial charge in [-0.1, -0.05) is 38.3 Å². The monoisotopic (exact) mass is 557 g/mol. The number of nitrogens with two attached hydrogens (primary N) is 1. The Hall–Kier alpha value is -2.23. The van der Waals surface area contributed by atoms with Gasteiger partial charge in [0.05, 0.1) is 4.55 Å². The molecule has 40 heavy (non-hydrogen) atoms. The first-order chi connectivity index (χ1) is 17.9. The summed E-state index contributed by atoms with van der Waals surface area (Å²) in [6.45, 7) is 0. The SMILES string of the molecule is Bc1c(B)c(B)c(C(B)(B)S(=O)(=O)OC2=C(N)O[C@](B)(c3c(B)c(B)c(C(F)(F)F)c(B)c3B)C2=O)c(B)c1B. The third-order valence-electron chi connectivity index (χ3n) is 8.98. The summed E-state index contributed by atoms with van der Waals surface area (Å²) in [4.78, 5) is 13.8. The molecule has 0 saturated heterocycles. The number of ether oxygens (including phenoxy) is 1. The summed E-state index contributed by atoms with van der Waals surface area (Å²) < 4.78 is 78.7. The molecule has 1 atom stereocenters. The zero-order valence-electron chi connectivity index (χ0n) is 25.2. The van der Waals surface area contributed by atoms with E-state index in [2.05, 4.69) is 0 Å². The Morgan fingerprint density at radius 1 is 0.725 bits per heavy atom. The van der Waals surface area contributed by atoms with Crippen molar-refractivity contribution in [3.63, 3.8) is 0 Å². The summed E-state index contributed by atoms with van der Waals surface area (Å²) in [5, 5.41) is 0. The van der Waals surface area contributed by atoms with Crippen LogP contribution in [0.15, 0.2) is 11.6 Å². The summed E-state index contributed by atoms with van der Waals surface area (Å²) in [5.41, 5.74) is 8.94. The number of carbonyl (C=O) groups is 1. The van der Waals surface area contributed by atoms with Crippen LogP contribution in [0.4, 0.5) is 13.2 Å². The Labute approximate surface area is 244 Å². The van der Waals surface area contributed by atoms with E-state index >= 15 is 0 Å². The zero-order valence-corrected chi connectivity index (χ0v) is 26.0. The molecule has 1 heterocycles. The molecule has 1 aliphatic rings. The van der Waals surface area contributed by atoms with Gasteiger partial charge in [0.1, 0.15) is 86.3 Å². The highest BCUT2D eigenvalue weighted by Crippen LogP contribution is 2.37. The Kier molecular flexibility index (Phi) is 8.03. The molecule has 0 aromatic heterocycles. The molecular formula is C18H26B12F3NO5S. The van der Waals surface area contributed by atoms with E-state index in [0.29, 0.717) is 5.56 Å². The molecule has 196 valence electrons. The summed E-state index contributed by atoms with van der Waals surface area (Å²) >= 11 is 0. The highest BCUT2D eigenvalue weighted by Gasteiger charge is 2.53. The molecule has 0 unspecified atom stereocenters. The molecular weight excluding hydrogens is 529 g/mol. The highest BCUT2D eigenvalue weighted by atomic mass is 32.2. The predicted octanol–water partition coefficient (Wildman–Crippen LogP) is -16.0. The molecule has 2 N–H and O–H groups in total. The molecule has 2 aromatic rings. The van der Waals surface area contributed by atoms with Gasteiger partial charge in [-0.2, -0.15) is 21.6 Å². The van der Waals surface area contributed by atoms with Crippen molar-refractivity contribution in [1.82, 2.24) is 0 Å². The van der Waals surface area contributed by atoms with Crippen molar-refractivity contribution in [3.8, 4) is 0 Å². The number of benzene rings is 2. The lowest BCUT2D eigenvalue weighted by Gasteiger charge is -2.33. The molecule has 1 aliphatic heterocycles. The smallest absolute Gasteiger partial charge is 0.415 e. The second-order valence-corrected chi connectivity index (χ2v) is 13.5. The fourth-order valence-electron chi connectivity index (χ4n) is 6.08. The zero-order chi connectivity index (χ0) is 31.1. The number of carbonyl (C=O) groups excluding carboxylic acids is 1. The van der Waals surface area contributed by atoms with Gasteiger partial charge < -0.3 is 14.7 Å². The fraction of sp³-hybridized carbons (Fsp3) is 0.167. The van der Waals surface area contributed by atoms with Crippen LogP contribution in [0.2, 0.25) is 0 Å². The van der Waals surface area contributed by atoms with Gasteiger partial charge in [0.15, 0.2) is 13.3 Å². The van der Waals surface area contributed by atoms with E-state index in [1.54, 1.807) is 0 Å². The van der Waals surface area contributed by atoms with Crippen LogP contribution < -0.4 is 54.9 Å². The molecule has 0 radical (unpaired) electrons. The lowest BCUT2D eigenvalue weighted by molar-refractivity contribution is -0.135. The van der Waals surface area contributed by atoms with Crippen LogP contribution in [0.5, 0.6) is 0 Å². The Morgan fingerprint density at radius 2 is 1.10 bits per heavy atom. The number of hydrogen-bond acceptors (Lipinski definition) is 6. The van der Waals surface area contributed by atoms with Crippen molar-refractivity contribution in [1.29, 1.82) is 0 Å². The highest BCUT2D eigenvalue weighted by molar-refractivity contribution is 7.90.